The van der Waals surface area contributed by atoms with Crippen molar-refractivity contribution < 1.29 is 14.3 Å². The average molecular weight is 487 g/mol. The maximum atomic E-state index is 13.2. The molecule has 1 aliphatic rings. The van der Waals surface area contributed by atoms with Gasteiger partial charge in [0.25, 0.3) is 5.91 Å². The van der Waals surface area contributed by atoms with Gasteiger partial charge in [-0.15, -0.1) is 11.6 Å². The highest BCUT2D eigenvalue weighted by molar-refractivity contribution is 6.18. The fraction of sp³-hybridized carbons (Fsp3) is 0.462. The summed E-state index contributed by atoms with van der Waals surface area (Å²) in [4.78, 5) is 29.9. The van der Waals surface area contributed by atoms with Crippen LogP contribution in [0.5, 0.6) is 5.75 Å². The number of para-hydroxylation sites is 2. The Morgan fingerprint density at radius 1 is 1.06 bits per heavy atom. The number of alkyl halides is 1. The van der Waals surface area contributed by atoms with Gasteiger partial charge in [-0.1, -0.05) is 19.1 Å². The standard InChI is InChI=1S/C26H35ClN4O3/c1-4-19(2)28-26(33)21-18-20(29-25(32)10-7-13-27)11-12-22(21)30-14-16-31(17-15-30)23-8-5-6-9-24(23)34-3/h5-6,8-9,11-12,18-19H,4,7,10,13-17H2,1-3H3,(H,28,33)(H,29,32). The van der Waals surface area contributed by atoms with E-state index in [2.05, 4.69) is 26.5 Å². The molecule has 0 saturated carbocycles. The molecule has 7 nitrogen and oxygen atoms in total. The quantitative estimate of drug-likeness (QED) is 0.483. The molecule has 0 aromatic heterocycles. The molecule has 1 fully saturated rings. The molecule has 1 unspecified atom stereocenters. The van der Waals surface area contributed by atoms with E-state index in [1.807, 2.05) is 44.2 Å². The summed E-state index contributed by atoms with van der Waals surface area (Å²) in [5.74, 6) is 1.06. The maximum Gasteiger partial charge on any atom is 0.253 e. The lowest BCUT2D eigenvalue weighted by molar-refractivity contribution is -0.116. The molecule has 2 N–H and O–H groups in total. The molecule has 1 heterocycles. The SMILES string of the molecule is CCC(C)NC(=O)c1cc(NC(=O)CCCCl)ccc1N1CCN(c2ccccc2OC)CC1. The summed E-state index contributed by atoms with van der Waals surface area (Å²) in [6.07, 6.45) is 1.81. The van der Waals surface area contributed by atoms with Gasteiger partial charge in [-0.2, -0.15) is 0 Å². The number of halogens is 1. The first-order chi connectivity index (χ1) is 16.5. The number of methoxy groups -OCH3 is 1. The number of anilines is 3. The highest BCUT2D eigenvalue weighted by Crippen LogP contribution is 2.31. The summed E-state index contributed by atoms with van der Waals surface area (Å²) in [7, 11) is 1.69. The van der Waals surface area contributed by atoms with Crippen LogP contribution < -0.4 is 25.2 Å². The summed E-state index contributed by atoms with van der Waals surface area (Å²) >= 11 is 5.70. The largest absolute Gasteiger partial charge is 0.495 e. The molecule has 0 spiro atoms. The lowest BCUT2D eigenvalue weighted by atomic mass is 10.1. The summed E-state index contributed by atoms with van der Waals surface area (Å²) in [6.45, 7) is 7.18. The number of nitrogens with zero attached hydrogens (tertiary/aromatic N) is 2. The molecule has 1 saturated heterocycles. The summed E-state index contributed by atoms with van der Waals surface area (Å²) in [6, 6.07) is 13.7. The molecular formula is C26H35ClN4O3. The lowest BCUT2D eigenvalue weighted by Crippen LogP contribution is -2.47. The minimum Gasteiger partial charge on any atom is -0.495 e. The first-order valence-corrected chi connectivity index (χ1v) is 12.4. The van der Waals surface area contributed by atoms with Crippen LogP contribution in [0, 0.1) is 0 Å². The molecular weight excluding hydrogens is 452 g/mol. The Morgan fingerprint density at radius 2 is 1.74 bits per heavy atom. The number of benzene rings is 2. The van der Waals surface area contributed by atoms with Crippen molar-refractivity contribution in [3.05, 3.63) is 48.0 Å². The fourth-order valence-electron chi connectivity index (χ4n) is 4.01. The van der Waals surface area contributed by atoms with Crippen LogP contribution >= 0.6 is 11.6 Å². The van der Waals surface area contributed by atoms with Crippen molar-refractivity contribution in [2.75, 3.05) is 54.3 Å². The Bertz CT molecular complexity index is 976. The van der Waals surface area contributed by atoms with Crippen molar-refractivity contribution in [2.45, 2.75) is 39.2 Å². The summed E-state index contributed by atoms with van der Waals surface area (Å²) in [5, 5.41) is 5.96. The van der Waals surface area contributed by atoms with Crippen molar-refractivity contribution >= 4 is 40.5 Å². The van der Waals surface area contributed by atoms with E-state index in [9.17, 15) is 9.59 Å². The molecule has 1 atom stereocenters. The second-order valence-electron chi connectivity index (χ2n) is 8.50. The third-order valence-corrected chi connectivity index (χ3v) is 6.37. The number of rotatable bonds is 10. The Kier molecular flexibility index (Phi) is 9.45. The molecule has 1 aliphatic heterocycles. The first-order valence-electron chi connectivity index (χ1n) is 11.9. The van der Waals surface area contributed by atoms with Crippen LogP contribution in [0.25, 0.3) is 0 Å². The van der Waals surface area contributed by atoms with Gasteiger partial charge in [0, 0.05) is 55.9 Å². The van der Waals surface area contributed by atoms with Crippen LogP contribution in [0.3, 0.4) is 0 Å². The van der Waals surface area contributed by atoms with Gasteiger partial charge in [0.2, 0.25) is 5.91 Å². The van der Waals surface area contributed by atoms with Gasteiger partial charge in [0.05, 0.1) is 18.4 Å². The van der Waals surface area contributed by atoms with E-state index >= 15 is 0 Å². The minimum absolute atomic E-state index is 0.0599. The zero-order valence-corrected chi connectivity index (χ0v) is 21.0. The Hall–Kier alpha value is -2.93. The van der Waals surface area contributed by atoms with E-state index in [0.717, 1.165) is 49.7 Å². The number of hydrogen-bond acceptors (Lipinski definition) is 5. The predicted octanol–water partition coefficient (Wildman–Crippen LogP) is 4.51. The Labute approximate surface area is 207 Å². The third-order valence-electron chi connectivity index (χ3n) is 6.10. The molecule has 2 aromatic rings. The van der Waals surface area contributed by atoms with Crippen molar-refractivity contribution in [1.29, 1.82) is 0 Å². The number of carbonyl (C=O) groups excluding carboxylic acids is 2. The number of piperazine rings is 1. The molecule has 8 heteroatoms. The van der Waals surface area contributed by atoms with Crippen molar-refractivity contribution in [3.63, 3.8) is 0 Å². The molecule has 2 amide bonds. The van der Waals surface area contributed by atoms with E-state index in [-0.39, 0.29) is 17.9 Å². The zero-order valence-electron chi connectivity index (χ0n) is 20.3. The maximum absolute atomic E-state index is 13.2. The second-order valence-corrected chi connectivity index (χ2v) is 8.88. The number of ether oxygens (including phenoxy) is 1. The topological polar surface area (TPSA) is 73.9 Å². The van der Waals surface area contributed by atoms with Gasteiger partial charge in [0.15, 0.2) is 0 Å². The molecule has 2 aromatic carbocycles. The molecule has 0 radical (unpaired) electrons. The smallest absolute Gasteiger partial charge is 0.253 e. The summed E-state index contributed by atoms with van der Waals surface area (Å²) < 4.78 is 5.53. The fourth-order valence-corrected chi connectivity index (χ4v) is 4.14. The van der Waals surface area contributed by atoms with Crippen LogP contribution in [0.15, 0.2) is 42.5 Å². The van der Waals surface area contributed by atoms with Crippen LogP contribution in [0.1, 0.15) is 43.5 Å². The van der Waals surface area contributed by atoms with Crippen molar-refractivity contribution in [3.8, 4) is 5.75 Å². The number of nitrogens with one attached hydrogen (secondary N) is 2. The van der Waals surface area contributed by atoms with Crippen molar-refractivity contribution in [1.82, 2.24) is 5.32 Å². The molecule has 0 bridgehead atoms. The highest BCUT2D eigenvalue weighted by Gasteiger charge is 2.24. The predicted molar refractivity (Wildman–Crippen MR) is 140 cm³/mol. The molecule has 184 valence electrons. The highest BCUT2D eigenvalue weighted by atomic mass is 35.5. The normalized spacial score (nSPS) is 14.5. The van der Waals surface area contributed by atoms with E-state index in [0.29, 0.717) is 30.0 Å². The number of carbonyl (C=O) groups is 2. The molecule has 34 heavy (non-hydrogen) atoms. The third kappa shape index (κ3) is 6.56. The van der Waals surface area contributed by atoms with E-state index in [4.69, 9.17) is 16.3 Å². The Balaban J connectivity index is 1.79. The Morgan fingerprint density at radius 3 is 2.38 bits per heavy atom. The van der Waals surface area contributed by atoms with Gasteiger partial charge >= 0.3 is 0 Å². The van der Waals surface area contributed by atoms with Gasteiger partial charge in [-0.25, -0.2) is 0 Å². The first kappa shape index (κ1) is 25.7. The van der Waals surface area contributed by atoms with Gasteiger partial charge < -0.3 is 25.2 Å². The molecule has 3 rings (SSSR count). The minimum atomic E-state index is -0.131. The van der Waals surface area contributed by atoms with Crippen LogP contribution in [-0.4, -0.2) is 57.0 Å². The zero-order chi connectivity index (χ0) is 24.5. The van der Waals surface area contributed by atoms with Gasteiger partial charge in [0.1, 0.15) is 5.75 Å². The summed E-state index contributed by atoms with van der Waals surface area (Å²) in [5.41, 5.74) is 3.14. The lowest BCUT2D eigenvalue weighted by Gasteiger charge is -2.38. The van der Waals surface area contributed by atoms with Crippen LogP contribution in [0.2, 0.25) is 0 Å². The monoisotopic (exact) mass is 486 g/mol. The van der Waals surface area contributed by atoms with Crippen LogP contribution in [0.4, 0.5) is 17.1 Å². The van der Waals surface area contributed by atoms with E-state index in [1.54, 1.807) is 13.2 Å². The number of amides is 2. The average Bonchev–Trinajstić information content (AvgIpc) is 2.87. The van der Waals surface area contributed by atoms with Gasteiger partial charge in [-0.05, 0) is 50.1 Å². The van der Waals surface area contributed by atoms with Crippen molar-refractivity contribution in [2.24, 2.45) is 0 Å². The van der Waals surface area contributed by atoms with E-state index in [1.165, 1.54) is 0 Å². The van der Waals surface area contributed by atoms with Gasteiger partial charge in [-0.3, -0.25) is 9.59 Å². The molecule has 0 aliphatic carbocycles. The van der Waals surface area contributed by atoms with E-state index < -0.39 is 0 Å². The second kappa shape index (κ2) is 12.5. The van der Waals surface area contributed by atoms with Crippen LogP contribution in [-0.2, 0) is 4.79 Å². The number of hydrogen-bond donors (Lipinski definition) is 2.